The van der Waals surface area contributed by atoms with Gasteiger partial charge in [-0.15, -0.1) is 11.3 Å². The molecule has 2 aromatic rings. The Kier molecular flexibility index (Phi) is 5.02. The molecule has 0 bridgehead atoms. The van der Waals surface area contributed by atoms with Gasteiger partial charge < -0.3 is 5.32 Å². The van der Waals surface area contributed by atoms with E-state index in [-0.39, 0.29) is 10.7 Å². The van der Waals surface area contributed by atoms with Crippen LogP contribution in [0.3, 0.4) is 0 Å². The molecule has 9 heteroatoms. The highest BCUT2D eigenvalue weighted by molar-refractivity contribution is 9.13. The normalized spacial score (nSPS) is 11.5. The molecule has 1 N–H and O–H groups in total. The summed E-state index contributed by atoms with van der Waals surface area (Å²) in [5.74, 6) is -0.512. The molecule has 1 amide bonds. The van der Waals surface area contributed by atoms with Crippen molar-refractivity contribution in [1.82, 2.24) is 0 Å². The Hall–Kier alpha value is -0.570. The Bertz CT molecular complexity index is 683. The second kappa shape index (κ2) is 6.28. The lowest BCUT2D eigenvalue weighted by Crippen LogP contribution is -2.12. The number of amides is 1. The number of benzene rings is 1. The van der Waals surface area contributed by atoms with Crippen LogP contribution in [0.2, 0.25) is 5.02 Å². The van der Waals surface area contributed by atoms with Crippen LogP contribution < -0.4 is 5.32 Å². The molecule has 0 atom stereocenters. The van der Waals surface area contributed by atoms with Crippen LogP contribution in [-0.2, 0) is 6.18 Å². The zero-order valence-corrected chi connectivity index (χ0v) is 14.6. The first-order chi connectivity index (χ1) is 9.66. The minimum Gasteiger partial charge on any atom is -0.321 e. The Morgan fingerprint density at radius 1 is 1.19 bits per heavy atom. The first-order valence-corrected chi connectivity index (χ1v) is 8.09. The number of halogens is 6. The van der Waals surface area contributed by atoms with E-state index in [1.807, 2.05) is 0 Å². The van der Waals surface area contributed by atoms with Crippen molar-refractivity contribution in [3.63, 3.8) is 0 Å². The van der Waals surface area contributed by atoms with Gasteiger partial charge in [0.1, 0.15) is 0 Å². The average Bonchev–Trinajstić information content (AvgIpc) is 2.68. The van der Waals surface area contributed by atoms with Gasteiger partial charge in [-0.1, -0.05) is 11.6 Å². The predicted octanol–water partition coefficient (Wildman–Crippen LogP) is 6.20. The number of rotatable bonds is 2. The van der Waals surface area contributed by atoms with Crippen LogP contribution in [0.15, 0.2) is 32.5 Å². The van der Waals surface area contributed by atoms with E-state index < -0.39 is 17.6 Å². The molecule has 2 nitrogen and oxygen atoms in total. The van der Waals surface area contributed by atoms with E-state index in [9.17, 15) is 18.0 Å². The van der Waals surface area contributed by atoms with Crippen LogP contribution in [0.5, 0.6) is 0 Å². The monoisotopic (exact) mass is 461 g/mol. The number of hydrogen-bond acceptors (Lipinski definition) is 2. The summed E-state index contributed by atoms with van der Waals surface area (Å²) in [5.41, 5.74) is -0.931. The van der Waals surface area contributed by atoms with Crippen LogP contribution in [0.4, 0.5) is 18.9 Å². The fraction of sp³-hybridized carbons (Fsp3) is 0.0833. The maximum atomic E-state index is 12.7. The van der Waals surface area contributed by atoms with Crippen LogP contribution in [-0.4, -0.2) is 5.91 Å². The van der Waals surface area contributed by atoms with E-state index in [4.69, 9.17) is 11.6 Å². The van der Waals surface area contributed by atoms with Gasteiger partial charge in [0.05, 0.1) is 14.2 Å². The van der Waals surface area contributed by atoms with Gasteiger partial charge in [0, 0.05) is 15.2 Å². The summed E-state index contributed by atoms with van der Waals surface area (Å²) in [5, 5.41) is 2.29. The summed E-state index contributed by atoms with van der Waals surface area (Å²) in [6.07, 6.45) is -4.53. The zero-order chi connectivity index (χ0) is 15.8. The van der Waals surface area contributed by atoms with Crippen molar-refractivity contribution in [1.29, 1.82) is 0 Å². The molecule has 21 heavy (non-hydrogen) atoms. The third-order valence-electron chi connectivity index (χ3n) is 2.35. The Morgan fingerprint density at radius 3 is 2.38 bits per heavy atom. The highest BCUT2D eigenvalue weighted by atomic mass is 79.9. The van der Waals surface area contributed by atoms with Gasteiger partial charge in [-0.2, -0.15) is 13.2 Å². The van der Waals surface area contributed by atoms with E-state index >= 15 is 0 Å². The quantitative estimate of drug-likeness (QED) is 0.565. The Morgan fingerprint density at radius 2 is 1.86 bits per heavy atom. The summed E-state index contributed by atoms with van der Waals surface area (Å²) in [6, 6.07) is 4.46. The molecule has 1 aromatic heterocycles. The molecule has 0 unspecified atom stereocenters. The van der Waals surface area contributed by atoms with Crippen LogP contribution in [0.1, 0.15) is 15.2 Å². The first kappa shape index (κ1) is 16.8. The first-order valence-electron chi connectivity index (χ1n) is 5.31. The summed E-state index contributed by atoms with van der Waals surface area (Å²) in [6.45, 7) is 0. The fourth-order valence-corrected chi connectivity index (χ4v) is 3.64. The maximum Gasteiger partial charge on any atom is 0.416 e. The second-order valence-electron chi connectivity index (χ2n) is 3.91. The molecule has 0 aliphatic heterocycles. The number of carbonyl (C=O) groups is 1. The van der Waals surface area contributed by atoms with Crippen molar-refractivity contribution in [3.05, 3.63) is 48.0 Å². The SMILES string of the molecule is O=C(Nc1cc(Cl)cc(C(F)(F)F)c1)c1cc(Br)c(Br)s1. The van der Waals surface area contributed by atoms with E-state index in [2.05, 4.69) is 37.2 Å². The lowest BCUT2D eigenvalue weighted by Gasteiger charge is -2.10. The molecular formula is C12H5Br2ClF3NOS. The van der Waals surface area contributed by atoms with Crippen molar-refractivity contribution in [2.24, 2.45) is 0 Å². The number of nitrogens with one attached hydrogen (secondary N) is 1. The molecule has 0 aliphatic rings. The van der Waals surface area contributed by atoms with Crippen molar-refractivity contribution < 1.29 is 18.0 Å². The molecule has 2 rings (SSSR count). The van der Waals surface area contributed by atoms with Gasteiger partial charge >= 0.3 is 6.18 Å². The van der Waals surface area contributed by atoms with Crippen molar-refractivity contribution in [2.75, 3.05) is 5.32 Å². The minimum atomic E-state index is -4.53. The maximum absolute atomic E-state index is 12.7. The molecule has 1 heterocycles. The molecule has 0 saturated heterocycles. The van der Waals surface area contributed by atoms with E-state index in [0.29, 0.717) is 9.35 Å². The largest absolute Gasteiger partial charge is 0.416 e. The lowest BCUT2D eigenvalue weighted by atomic mass is 10.2. The van der Waals surface area contributed by atoms with Crippen LogP contribution in [0.25, 0.3) is 0 Å². The molecule has 0 radical (unpaired) electrons. The zero-order valence-electron chi connectivity index (χ0n) is 9.89. The van der Waals surface area contributed by atoms with Gasteiger partial charge in [-0.25, -0.2) is 0 Å². The molecule has 0 fully saturated rings. The number of alkyl halides is 3. The van der Waals surface area contributed by atoms with E-state index in [1.165, 1.54) is 6.07 Å². The summed E-state index contributed by atoms with van der Waals surface area (Å²) in [7, 11) is 0. The van der Waals surface area contributed by atoms with Crippen LogP contribution >= 0.6 is 54.8 Å². The van der Waals surface area contributed by atoms with Gasteiger partial charge in [0.25, 0.3) is 5.91 Å². The summed E-state index contributed by atoms with van der Waals surface area (Å²) in [4.78, 5) is 12.3. The molecule has 0 spiro atoms. The Labute approximate surface area is 143 Å². The van der Waals surface area contributed by atoms with E-state index in [0.717, 1.165) is 27.3 Å². The van der Waals surface area contributed by atoms with Gasteiger partial charge in [0.15, 0.2) is 0 Å². The number of hydrogen-bond donors (Lipinski definition) is 1. The van der Waals surface area contributed by atoms with Gasteiger partial charge in [0.2, 0.25) is 0 Å². The second-order valence-corrected chi connectivity index (χ2v) is 7.57. The third-order valence-corrected chi connectivity index (χ3v) is 5.83. The smallest absolute Gasteiger partial charge is 0.321 e. The molecule has 1 aromatic carbocycles. The van der Waals surface area contributed by atoms with Crippen LogP contribution in [0, 0.1) is 0 Å². The van der Waals surface area contributed by atoms with E-state index in [1.54, 1.807) is 6.07 Å². The lowest BCUT2D eigenvalue weighted by molar-refractivity contribution is -0.137. The standard InChI is InChI=1S/C12H5Br2ClF3NOS/c13-8-4-9(21-10(8)14)11(20)19-7-2-5(12(16,17)18)1-6(15)3-7/h1-4H,(H,19,20). The number of thiophene rings is 1. The summed E-state index contributed by atoms with van der Waals surface area (Å²) >= 11 is 13.3. The molecule has 0 saturated carbocycles. The molecule has 112 valence electrons. The number of anilines is 1. The highest BCUT2D eigenvalue weighted by Crippen LogP contribution is 2.35. The number of carbonyl (C=O) groups excluding carboxylic acids is 1. The average molecular weight is 464 g/mol. The molecular weight excluding hydrogens is 458 g/mol. The van der Waals surface area contributed by atoms with Crippen molar-refractivity contribution >= 4 is 66.4 Å². The highest BCUT2D eigenvalue weighted by Gasteiger charge is 2.31. The third kappa shape index (κ3) is 4.21. The molecule has 0 aliphatic carbocycles. The van der Waals surface area contributed by atoms with Gasteiger partial charge in [-0.3, -0.25) is 4.79 Å². The van der Waals surface area contributed by atoms with Crippen molar-refractivity contribution in [2.45, 2.75) is 6.18 Å². The van der Waals surface area contributed by atoms with Crippen molar-refractivity contribution in [3.8, 4) is 0 Å². The van der Waals surface area contributed by atoms with Gasteiger partial charge in [-0.05, 0) is 56.1 Å². The fourth-order valence-electron chi connectivity index (χ4n) is 1.48. The minimum absolute atomic E-state index is 0.0135. The summed E-state index contributed by atoms with van der Waals surface area (Å²) < 4.78 is 39.5. The topological polar surface area (TPSA) is 29.1 Å². The predicted molar refractivity (Wildman–Crippen MR) is 84.1 cm³/mol. The Balaban J connectivity index is 2.27.